The smallest absolute Gasteiger partial charge is 0.246 e. The molecule has 2 N–H and O–H groups in total. The highest BCUT2D eigenvalue weighted by Gasteiger charge is 2.60. The van der Waals surface area contributed by atoms with Crippen molar-refractivity contribution in [3.63, 3.8) is 0 Å². The highest BCUT2D eigenvalue weighted by atomic mass is 16.3. The van der Waals surface area contributed by atoms with Crippen molar-refractivity contribution >= 4 is 17.6 Å². The molecule has 0 aromatic carbocycles. The Morgan fingerprint density at radius 1 is 1.19 bits per heavy atom. The third-order valence-corrected chi connectivity index (χ3v) is 9.77. The summed E-state index contributed by atoms with van der Waals surface area (Å²) in [6, 6.07) is 3.49. The molecule has 6 nitrogen and oxygen atoms in total. The summed E-state index contributed by atoms with van der Waals surface area (Å²) < 4.78 is 0. The summed E-state index contributed by atoms with van der Waals surface area (Å²) in [5, 5.41) is 12.3. The van der Waals surface area contributed by atoms with Crippen LogP contribution in [0.15, 0.2) is 30.5 Å². The molecule has 0 spiro atoms. The minimum Gasteiger partial charge on any atom is -0.506 e. The predicted octanol–water partition coefficient (Wildman–Crippen LogP) is 4.37. The molecule has 32 heavy (non-hydrogen) atoms. The number of fused-ring (bicyclic) bond motifs is 5. The molecule has 1 aromatic heterocycles. The van der Waals surface area contributed by atoms with Crippen molar-refractivity contribution in [2.45, 2.75) is 64.8 Å². The molecule has 5 rings (SSSR count). The third kappa shape index (κ3) is 3.25. The van der Waals surface area contributed by atoms with E-state index >= 15 is 0 Å². The number of anilines is 1. The summed E-state index contributed by atoms with van der Waals surface area (Å²) in [5.74, 6) is 3.07. The van der Waals surface area contributed by atoms with E-state index in [1.165, 1.54) is 25.5 Å². The van der Waals surface area contributed by atoms with Gasteiger partial charge in [0.25, 0.3) is 0 Å². The molecule has 4 aliphatic rings. The van der Waals surface area contributed by atoms with Crippen LogP contribution in [-0.4, -0.2) is 39.9 Å². The lowest BCUT2D eigenvalue weighted by molar-refractivity contribution is -0.139. The lowest BCUT2D eigenvalue weighted by Gasteiger charge is -2.60. The van der Waals surface area contributed by atoms with Crippen LogP contribution in [0.2, 0.25) is 0 Å². The second-order valence-corrected chi connectivity index (χ2v) is 11.1. The molecule has 6 heteroatoms. The topological polar surface area (TPSA) is 82.5 Å². The Kier molecular flexibility index (Phi) is 5.10. The standard InChI is InChI=1S/C26H35N3O3/c1-25-12-10-20-18(6-8-21-26(20,2)13-11-24(32)29(21)3)19(25)7-4-16(25)14-23(31)28-22-9-5-17(30)15-27-22/h5,9,11,13,15-16,18-21,30H,4,6-8,10,12,14H2,1-3H3,(H,27,28,31)/t16-,18+,19+,20+,21-,25-,26-/m1/s1. The first-order chi connectivity index (χ1) is 15.2. The van der Waals surface area contributed by atoms with Crippen LogP contribution in [0.4, 0.5) is 5.82 Å². The van der Waals surface area contributed by atoms with Gasteiger partial charge >= 0.3 is 0 Å². The van der Waals surface area contributed by atoms with Gasteiger partial charge in [0.05, 0.1) is 6.20 Å². The molecular formula is C26H35N3O3. The number of hydrogen-bond donors (Lipinski definition) is 2. The fourth-order valence-electron chi connectivity index (χ4n) is 8.06. The Morgan fingerprint density at radius 3 is 2.75 bits per heavy atom. The summed E-state index contributed by atoms with van der Waals surface area (Å²) in [4.78, 5) is 31.1. The molecule has 3 fully saturated rings. The summed E-state index contributed by atoms with van der Waals surface area (Å²) in [7, 11) is 1.97. The molecule has 0 saturated heterocycles. The number of aromatic nitrogens is 1. The molecule has 0 radical (unpaired) electrons. The van der Waals surface area contributed by atoms with Crippen molar-refractivity contribution in [2.24, 2.45) is 34.5 Å². The lowest BCUT2D eigenvalue weighted by Crippen LogP contribution is -2.59. The fourth-order valence-corrected chi connectivity index (χ4v) is 8.06. The Hall–Kier alpha value is -2.37. The van der Waals surface area contributed by atoms with E-state index in [1.807, 2.05) is 11.9 Å². The Balaban J connectivity index is 1.31. The number of amides is 2. The second-order valence-electron chi connectivity index (χ2n) is 11.1. The molecule has 1 aliphatic heterocycles. The predicted molar refractivity (Wildman–Crippen MR) is 123 cm³/mol. The van der Waals surface area contributed by atoms with Gasteiger partial charge in [-0.25, -0.2) is 4.98 Å². The Labute approximate surface area is 190 Å². The molecule has 2 amide bonds. The molecule has 0 bridgehead atoms. The quantitative estimate of drug-likeness (QED) is 0.736. The minimum atomic E-state index is 0.0169. The van der Waals surface area contributed by atoms with E-state index in [4.69, 9.17) is 0 Å². The van der Waals surface area contributed by atoms with E-state index in [0.29, 0.717) is 42.0 Å². The summed E-state index contributed by atoms with van der Waals surface area (Å²) >= 11 is 0. The second kappa shape index (κ2) is 7.60. The summed E-state index contributed by atoms with van der Waals surface area (Å²) in [6.45, 7) is 4.81. The molecular weight excluding hydrogens is 402 g/mol. The first-order valence-electron chi connectivity index (χ1n) is 12.1. The zero-order chi connectivity index (χ0) is 22.7. The van der Waals surface area contributed by atoms with Crippen LogP contribution in [0.3, 0.4) is 0 Å². The van der Waals surface area contributed by atoms with Crippen molar-refractivity contribution in [3.05, 3.63) is 30.5 Å². The molecule has 3 aliphatic carbocycles. The van der Waals surface area contributed by atoms with Gasteiger partial charge in [-0.15, -0.1) is 0 Å². The van der Waals surface area contributed by atoms with Crippen LogP contribution in [0.25, 0.3) is 0 Å². The van der Waals surface area contributed by atoms with Crippen molar-refractivity contribution in [1.82, 2.24) is 9.88 Å². The van der Waals surface area contributed by atoms with Gasteiger partial charge in [-0.1, -0.05) is 19.9 Å². The third-order valence-electron chi connectivity index (χ3n) is 9.77. The number of carbonyl (C=O) groups excluding carboxylic acids is 2. The molecule has 2 heterocycles. The summed E-state index contributed by atoms with van der Waals surface area (Å²) in [6.07, 6.45) is 12.8. The summed E-state index contributed by atoms with van der Waals surface area (Å²) in [5.41, 5.74) is 0.261. The van der Waals surface area contributed by atoms with Gasteiger partial charge in [-0.05, 0) is 85.8 Å². The molecule has 1 aromatic rings. The van der Waals surface area contributed by atoms with Gasteiger partial charge in [0.2, 0.25) is 11.8 Å². The molecule has 172 valence electrons. The normalized spacial score (nSPS) is 40.4. The molecule has 7 atom stereocenters. The van der Waals surface area contributed by atoms with E-state index in [9.17, 15) is 14.7 Å². The number of aromatic hydroxyl groups is 1. The van der Waals surface area contributed by atoms with Crippen molar-refractivity contribution in [2.75, 3.05) is 12.4 Å². The SMILES string of the molecule is CN1C(=O)C=C[C@]2(C)[C@H]3CC[C@]4(C)[C@@H](CC(=O)Nc5ccc(O)cn5)CC[C@H]4[C@@H]3CC[C@@H]12. The van der Waals surface area contributed by atoms with Crippen LogP contribution in [0, 0.1) is 34.5 Å². The Morgan fingerprint density at radius 2 is 2.00 bits per heavy atom. The number of nitrogens with one attached hydrogen (secondary N) is 1. The first kappa shape index (κ1) is 21.5. The maximum absolute atomic E-state index is 12.8. The van der Waals surface area contributed by atoms with Gasteiger partial charge in [0.1, 0.15) is 11.6 Å². The molecule has 3 saturated carbocycles. The van der Waals surface area contributed by atoms with Crippen LogP contribution in [0.5, 0.6) is 5.75 Å². The van der Waals surface area contributed by atoms with E-state index in [0.717, 1.165) is 19.3 Å². The lowest BCUT2D eigenvalue weighted by atomic mass is 9.47. The first-order valence-corrected chi connectivity index (χ1v) is 12.1. The number of nitrogens with zero attached hydrogens (tertiary/aromatic N) is 2. The fraction of sp³-hybridized carbons (Fsp3) is 0.654. The van der Waals surface area contributed by atoms with Gasteiger partial charge in [0, 0.05) is 24.9 Å². The van der Waals surface area contributed by atoms with Crippen molar-refractivity contribution in [3.8, 4) is 5.75 Å². The van der Waals surface area contributed by atoms with E-state index in [-0.39, 0.29) is 28.4 Å². The number of rotatable bonds is 3. The largest absolute Gasteiger partial charge is 0.506 e. The zero-order valence-electron chi connectivity index (χ0n) is 19.4. The van der Waals surface area contributed by atoms with Gasteiger partial charge in [0.15, 0.2) is 0 Å². The average molecular weight is 438 g/mol. The van der Waals surface area contributed by atoms with Gasteiger partial charge in [-0.2, -0.15) is 0 Å². The molecule has 0 unspecified atom stereocenters. The monoisotopic (exact) mass is 437 g/mol. The van der Waals surface area contributed by atoms with Gasteiger partial charge < -0.3 is 15.3 Å². The van der Waals surface area contributed by atoms with Crippen LogP contribution in [0.1, 0.15) is 58.8 Å². The van der Waals surface area contributed by atoms with Crippen molar-refractivity contribution < 1.29 is 14.7 Å². The van der Waals surface area contributed by atoms with Crippen LogP contribution in [-0.2, 0) is 9.59 Å². The van der Waals surface area contributed by atoms with Crippen LogP contribution < -0.4 is 5.32 Å². The number of carbonyl (C=O) groups is 2. The average Bonchev–Trinajstić information content (AvgIpc) is 3.09. The highest BCUT2D eigenvalue weighted by Crippen LogP contribution is 2.65. The number of hydrogen-bond acceptors (Lipinski definition) is 4. The number of likely N-dealkylation sites (N-methyl/N-ethyl adjacent to an activating group) is 1. The number of pyridine rings is 1. The Bertz CT molecular complexity index is 944. The maximum Gasteiger partial charge on any atom is 0.246 e. The highest BCUT2D eigenvalue weighted by molar-refractivity contribution is 5.90. The van der Waals surface area contributed by atoms with Crippen LogP contribution >= 0.6 is 0 Å². The zero-order valence-corrected chi connectivity index (χ0v) is 19.4. The van der Waals surface area contributed by atoms with Gasteiger partial charge in [-0.3, -0.25) is 9.59 Å². The maximum atomic E-state index is 12.8. The van der Waals surface area contributed by atoms with E-state index in [1.54, 1.807) is 18.2 Å². The van der Waals surface area contributed by atoms with Crippen molar-refractivity contribution in [1.29, 1.82) is 0 Å². The minimum absolute atomic E-state index is 0.0169. The van der Waals surface area contributed by atoms with E-state index < -0.39 is 0 Å². The van der Waals surface area contributed by atoms with E-state index in [2.05, 4.69) is 30.2 Å².